The first-order valence-corrected chi connectivity index (χ1v) is 19.8. The number of hydrogen-bond donors (Lipinski definition) is 0. The van der Waals surface area contributed by atoms with Crippen LogP contribution in [0, 0.1) is 22.7 Å². The molecule has 0 atom stereocenters. The van der Waals surface area contributed by atoms with Gasteiger partial charge in [-0.3, -0.25) is 0 Å². The van der Waals surface area contributed by atoms with Gasteiger partial charge in [0.15, 0.2) is 13.2 Å². The van der Waals surface area contributed by atoms with E-state index in [4.69, 9.17) is 18.9 Å². The monoisotopic (exact) mass is 754 g/mol. The Morgan fingerprint density at radius 3 is 0.750 bits per heavy atom. The van der Waals surface area contributed by atoms with Crippen LogP contribution in [0.2, 0.25) is 0 Å². The molecule has 0 unspecified atom stereocenters. The summed E-state index contributed by atoms with van der Waals surface area (Å²) >= 11 is 0. The van der Waals surface area contributed by atoms with Crippen LogP contribution < -0.4 is 18.9 Å². The van der Waals surface area contributed by atoms with E-state index < -0.39 is 0 Å². The number of benzene rings is 4. The van der Waals surface area contributed by atoms with Crippen molar-refractivity contribution >= 4 is 0 Å². The zero-order valence-corrected chi connectivity index (χ0v) is 36.4. The van der Waals surface area contributed by atoms with Crippen molar-refractivity contribution in [3.05, 3.63) is 115 Å². The van der Waals surface area contributed by atoms with Crippen LogP contribution in [-0.4, -0.2) is 27.4 Å². The van der Waals surface area contributed by atoms with Crippen molar-refractivity contribution in [1.29, 1.82) is 10.5 Å². The number of methoxy groups -OCH3 is 2. The molecule has 6 heteroatoms. The summed E-state index contributed by atoms with van der Waals surface area (Å²) in [5.74, 6) is 3.09. The fourth-order valence-corrected chi connectivity index (χ4v) is 7.72. The van der Waals surface area contributed by atoms with Gasteiger partial charge in [-0.1, -0.05) is 132 Å². The summed E-state index contributed by atoms with van der Waals surface area (Å²) in [4.78, 5) is 0. The van der Waals surface area contributed by atoms with Crippen molar-refractivity contribution in [3.8, 4) is 35.1 Å². The lowest BCUT2D eigenvalue weighted by Gasteiger charge is -2.28. The molecule has 4 aromatic rings. The van der Waals surface area contributed by atoms with E-state index in [1.54, 1.807) is 14.2 Å². The average molecular weight is 755 g/mol. The number of nitrogens with zero attached hydrogens (tertiary/aromatic N) is 2. The van der Waals surface area contributed by atoms with Crippen molar-refractivity contribution < 1.29 is 18.9 Å². The van der Waals surface area contributed by atoms with E-state index in [-0.39, 0.29) is 34.9 Å². The van der Waals surface area contributed by atoms with Crippen molar-refractivity contribution in [2.24, 2.45) is 0 Å². The minimum Gasteiger partial charge on any atom is -0.496 e. The fraction of sp³-hybridized carbons (Fsp3) is 0.480. The normalized spacial score (nSPS) is 13.4. The molecule has 296 valence electrons. The molecule has 8 bridgehead atoms. The molecule has 0 amide bonds. The third-order valence-electron chi connectivity index (χ3n) is 10.9. The lowest BCUT2D eigenvalue weighted by Crippen LogP contribution is -2.17. The average Bonchev–Trinajstić information content (AvgIpc) is 3.08. The van der Waals surface area contributed by atoms with E-state index in [0.717, 1.165) is 67.5 Å². The second-order valence-electron chi connectivity index (χ2n) is 19.5. The molecule has 56 heavy (non-hydrogen) atoms. The van der Waals surface area contributed by atoms with Crippen LogP contribution in [0.15, 0.2) is 48.5 Å². The summed E-state index contributed by atoms with van der Waals surface area (Å²) in [5, 5.41) is 19.6. The molecule has 5 rings (SSSR count). The predicted octanol–water partition coefficient (Wildman–Crippen LogP) is 11.4. The van der Waals surface area contributed by atoms with Crippen LogP contribution in [0.25, 0.3) is 0 Å². The van der Waals surface area contributed by atoms with Gasteiger partial charge in [0.05, 0.1) is 14.2 Å². The van der Waals surface area contributed by atoms with Crippen LogP contribution in [0.5, 0.6) is 23.0 Å². The Kier molecular flexibility index (Phi) is 12.0. The molecule has 0 saturated carbocycles. The summed E-state index contributed by atoms with van der Waals surface area (Å²) in [5.41, 5.74) is 12.3. The Morgan fingerprint density at radius 2 is 0.589 bits per heavy atom. The highest BCUT2D eigenvalue weighted by molar-refractivity contribution is 5.60. The van der Waals surface area contributed by atoms with E-state index in [1.165, 1.54) is 22.3 Å². The Hall–Kier alpha value is -4.94. The van der Waals surface area contributed by atoms with Gasteiger partial charge in [0, 0.05) is 25.7 Å². The van der Waals surface area contributed by atoms with Crippen LogP contribution >= 0.6 is 0 Å². The highest BCUT2D eigenvalue weighted by Crippen LogP contribution is 2.44. The second-order valence-corrected chi connectivity index (χ2v) is 19.5. The fourth-order valence-electron chi connectivity index (χ4n) is 7.72. The van der Waals surface area contributed by atoms with Gasteiger partial charge < -0.3 is 18.9 Å². The molecule has 0 aliphatic heterocycles. The molecular weight excluding hydrogens is 693 g/mol. The Balaban J connectivity index is 2.00. The molecule has 4 aromatic carbocycles. The number of rotatable bonds is 6. The number of nitriles is 2. The Bertz CT molecular complexity index is 1930. The SMILES string of the molecule is COc1c2cc(C(C)(C)C)cc1Cc1cc(C(C)(C)C)cc(c1OCC#N)Cc1cc(C(C)(C)C)cc(c1OC)Cc1cc(C(C)(C)C)cc(c1OCC#N)C2. The second kappa shape index (κ2) is 15.9. The zero-order valence-electron chi connectivity index (χ0n) is 36.4. The van der Waals surface area contributed by atoms with Crippen LogP contribution in [0.1, 0.15) is 150 Å². The summed E-state index contributed by atoms with van der Waals surface area (Å²) in [6.07, 6.45) is 2.14. The van der Waals surface area contributed by atoms with Gasteiger partial charge in [-0.05, 0) is 88.4 Å². The van der Waals surface area contributed by atoms with E-state index in [1.807, 2.05) is 0 Å². The van der Waals surface area contributed by atoms with Gasteiger partial charge in [-0.25, -0.2) is 0 Å². The van der Waals surface area contributed by atoms with Crippen molar-refractivity contribution in [3.63, 3.8) is 0 Å². The predicted molar refractivity (Wildman–Crippen MR) is 227 cm³/mol. The van der Waals surface area contributed by atoms with E-state index >= 15 is 0 Å². The highest BCUT2D eigenvalue weighted by Gasteiger charge is 2.29. The summed E-state index contributed by atoms with van der Waals surface area (Å²) in [6, 6.07) is 22.6. The third-order valence-corrected chi connectivity index (χ3v) is 10.9. The maximum absolute atomic E-state index is 9.82. The van der Waals surface area contributed by atoms with E-state index in [9.17, 15) is 10.5 Å². The topological polar surface area (TPSA) is 84.5 Å². The molecule has 6 nitrogen and oxygen atoms in total. The molecule has 1 aliphatic rings. The maximum atomic E-state index is 9.82. The Labute approximate surface area is 336 Å². The van der Waals surface area contributed by atoms with Gasteiger partial charge in [0.1, 0.15) is 35.1 Å². The lowest BCUT2D eigenvalue weighted by molar-refractivity contribution is 0.358. The molecule has 1 aliphatic carbocycles. The van der Waals surface area contributed by atoms with Gasteiger partial charge in [0.25, 0.3) is 0 Å². The van der Waals surface area contributed by atoms with E-state index in [0.29, 0.717) is 25.7 Å². The summed E-state index contributed by atoms with van der Waals surface area (Å²) < 4.78 is 25.7. The van der Waals surface area contributed by atoms with Gasteiger partial charge >= 0.3 is 0 Å². The molecule has 0 radical (unpaired) electrons. The van der Waals surface area contributed by atoms with Crippen molar-refractivity contribution in [1.82, 2.24) is 0 Å². The lowest BCUT2D eigenvalue weighted by atomic mass is 9.79. The highest BCUT2D eigenvalue weighted by atomic mass is 16.5. The number of ether oxygens (including phenoxy) is 4. The molecule has 0 saturated heterocycles. The molecule has 0 fully saturated rings. The van der Waals surface area contributed by atoms with Gasteiger partial charge in [-0.2, -0.15) is 10.5 Å². The maximum Gasteiger partial charge on any atom is 0.174 e. The number of hydrogen-bond acceptors (Lipinski definition) is 6. The zero-order chi connectivity index (χ0) is 41.4. The van der Waals surface area contributed by atoms with Crippen LogP contribution in [0.4, 0.5) is 0 Å². The quantitative estimate of drug-likeness (QED) is 0.172. The van der Waals surface area contributed by atoms with Crippen LogP contribution in [-0.2, 0) is 47.3 Å². The minimum atomic E-state index is -0.156. The molecular formula is C50H62N2O4. The van der Waals surface area contributed by atoms with E-state index in [2.05, 4.69) is 144 Å². The first-order valence-electron chi connectivity index (χ1n) is 19.8. The molecule has 0 aromatic heterocycles. The van der Waals surface area contributed by atoms with Gasteiger partial charge in [0.2, 0.25) is 0 Å². The smallest absolute Gasteiger partial charge is 0.174 e. The first kappa shape index (κ1) is 42.2. The van der Waals surface area contributed by atoms with Gasteiger partial charge in [-0.15, -0.1) is 0 Å². The molecule has 0 heterocycles. The first-order chi connectivity index (χ1) is 26.1. The summed E-state index contributed by atoms with van der Waals surface area (Å²) in [7, 11) is 3.49. The molecule has 0 N–H and O–H groups in total. The number of fused-ring (bicyclic) bond motifs is 8. The van der Waals surface area contributed by atoms with Crippen LogP contribution in [0.3, 0.4) is 0 Å². The van der Waals surface area contributed by atoms with Crippen molar-refractivity contribution in [2.75, 3.05) is 27.4 Å². The molecule has 0 spiro atoms. The minimum absolute atomic E-state index is 0.0695. The van der Waals surface area contributed by atoms with Crippen molar-refractivity contribution in [2.45, 2.75) is 130 Å². The largest absolute Gasteiger partial charge is 0.496 e. The third kappa shape index (κ3) is 9.19. The standard InChI is InChI=1S/C50H62N2O4/c1-47(2,3)39-23-31-19-35-27-41(49(7,8)9)29-37(45(35)55-17-15-51)21-33-25-40(48(4,5)6)26-34(44(33)54-14)22-38-30-42(50(10,11)12)28-36(46(38)56-18-16-52)20-32(24-39)43(31)53-13/h23-30H,17-22H2,1-14H3. The summed E-state index contributed by atoms with van der Waals surface area (Å²) in [6.45, 7) is 26.7. The Morgan fingerprint density at radius 1 is 0.393 bits per heavy atom.